The SMILES string of the molecule is Cc1ccc(-c2cc(Cc3ccccc3)ccn2)c2oc3ccccc3c12. The van der Waals surface area contributed by atoms with Gasteiger partial charge in [-0.05, 0) is 54.3 Å². The zero-order chi connectivity index (χ0) is 18.2. The average molecular weight is 349 g/mol. The molecule has 2 heterocycles. The number of hydrogen-bond donors (Lipinski definition) is 0. The van der Waals surface area contributed by atoms with Crippen LogP contribution >= 0.6 is 0 Å². The fraction of sp³-hybridized carbons (Fsp3) is 0.0800. The second kappa shape index (κ2) is 6.40. The van der Waals surface area contributed by atoms with Gasteiger partial charge in [-0.3, -0.25) is 4.98 Å². The van der Waals surface area contributed by atoms with Crippen molar-refractivity contribution < 1.29 is 4.42 Å². The molecule has 5 aromatic rings. The molecule has 130 valence electrons. The second-order valence-corrected chi connectivity index (χ2v) is 6.94. The van der Waals surface area contributed by atoms with Crippen LogP contribution in [0.1, 0.15) is 16.7 Å². The van der Waals surface area contributed by atoms with E-state index in [1.54, 1.807) is 0 Å². The number of para-hydroxylation sites is 1. The van der Waals surface area contributed by atoms with E-state index in [2.05, 4.69) is 72.6 Å². The van der Waals surface area contributed by atoms with E-state index in [-0.39, 0.29) is 0 Å². The molecule has 0 aliphatic heterocycles. The molecule has 5 rings (SSSR count). The van der Waals surface area contributed by atoms with Crippen molar-refractivity contribution >= 4 is 21.9 Å². The number of fused-ring (bicyclic) bond motifs is 3. The van der Waals surface area contributed by atoms with Gasteiger partial charge in [-0.15, -0.1) is 0 Å². The van der Waals surface area contributed by atoms with Gasteiger partial charge >= 0.3 is 0 Å². The molecule has 0 atom stereocenters. The lowest BCUT2D eigenvalue weighted by Crippen LogP contribution is -1.91. The van der Waals surface area contributed by atoms with Crippen LogP contribution in [-0.4, -0.2) is 4.98 Å². The Morgan fingerprint density at radius 2 is 1.63 bits per heavy atom. The van der Waals surface area contributed by atoms with Gasteiger partial charge in [0.15, 0.2) is 0 Å². The molecule has 0 aliphatic rings. The van der Waals surface area contributed by atoms with Crippen LogP contribution < -0.4 is 0 Å². The fourth-order valence-corrected chi connectivity index (χ4v) is 3.76. The Morgan fingerprint density at radius 1 is 0.815 bits per heavy atom. The van der Waals surface area contributed by atoms with Crippen LogP contribution in [0.4, 0.5) is 0 Å². The van der Waals surface area contributed by atoms with Crippen molar-refractivity contribution in [3.05, 3.63) is 102 Å². The van der Waals surface area contributed by atoms with Crippen molar-refractivity contribution in [1.29, 1.82) is 0 Å². The van der Waals surface area contributed by atoms with Crippen molar-refractivity contribution in [3.8, 4) is 11.3 Å². The van der Waals surface area contributed by atoms with E-state index >= 15 is 0 Å². The van der Waals surface area contributed by atoms with Crippen molar-refractivity contribution in [3.63, 3.8) is 0 Å². The largest absolute Gasteiger partial charge is 0.455 e. The summed E-state index contributed by atoms with van der Waals surface area (Å²) in [4.78, 5) is 4.64. The summed E-state index contributed by atoms with van der Waals surface area (Å²) in [6.07, 6.45) is 2.79. The molecule has 0 fully saturated rings. The first-order valence-electron chi connectivity index (χ1n) is 9.20. The minimum Gasteiger partial charge on any atom is -0.455 e. The van der Waals surface area contributed by atoms with Gasteiger partial charge < -0.3 is 4.42 Å². The van der Waals surface area contributed by atoms with E-state index in [9.17, 15) is 0 Å². The van der Waals surface area contributed by atoms with Gasteiger partial charge in [-0.2, -0.15) is 0 Å². The first kappa shape index (κ1) is 15.8. The molecule has 0 amide bonds. The molecule has 0 saturated carbocycles. The Kier molecular flexibility index (Phi) is 3.75. The molecule has 27 heavy (non-hydrogen) atoms. The van der Waals surface area contributed by atoms with Crippen LogP contribution in [0.15, 0.2) is 89.5 Å². The van der Waals surface area contributed by atoms with Gasteiger partial charge in [0.2, 0.25) is 0 Å². The maximum absolute atomic E-state index is 6.24. The summed E-state index contributed by atoms with van der Waals surface area (Å²) in [6.45, 7) is 2.13. The Labute approximate surface area is 158 Å². The van der Waals surface area contributed by atoms with Crippen LogP contribution in [0, 0.1) is 6.92 Å². The fourth-order valence-electron chi connectivity index (χ4n) is 3.76. The summed E-state index contributed by atoms with van der Waals surface area (Å²) in [5.41, 5.74) is 7.60. The van der Waals surface area contributed by atoms with Gasteiger partial charge in [0, 0.05) is 22.5 Å². The molecule has 2 heteroatoms. The molecule has 0 N–H and O–H groups in total. The number of aromatic nitrogens is 1. The molecule has 0 unspecified atom stereocenters. The first-order valence-corrected chi connectivity index (χ1v) is 9.20. The van der Waals surface area contributed by atoms with Crippen molar-refractivity contribution in [2.24, 2.45) is 0 Å². The maximum Gasteiger partial charge on any atom is 0.145 e. The van der Waals surface area contributed by atoms with Gasteiger partial charge in [0.1, 0.15) is 11.2 Å². The summed E-state index contributed by atoms with van der Waals surface area (Å²) in [7, 11) is 0. The van der Waals surface area contributed by atoms with Gasteiger partial charge in [-0.25, -0.2) is 0 Å². The van der Waals surface area contributed by atoms with Gasteiger partial charge in [0.25, 0.3) is 0 Å². The summed E-state index contributed by atoms with van der Waals surface area (Å²) >= 11 is 0. The Bertz CT molecular complexity index is 1250. The zero-order valence-electron chi connectivity index (χ0n) is 15.1. The van der Waals surface area contributed by atoms with Crippen molar-refractivity contribution in [2.45, 2.75) is 13.3 Å². The van der Waals surface area contributed by atoms with Crippen LogP contribution in [-0.2, 0) is 6.42 Å². The smallest absolute Gasteiger partial charge is 0.145 e. The van der Waals surface area contributed by atoms with E-state index in [0.29, 0.717) is 0 Å². The van der Waals surface area contributed by atoms with Crippen LogP contribution in [0.2, 0.25) is 0 Å². The molecule has 0 aliphatic carbocycles. The third kappa shape index (κ3) is 2.80. The summed E-state index contributed by atoms with van der Waals surface area (Å²) in [6, 6.07) is 27.3. The monoisotopic (exact) mass is 349 g/mol. The predicted octanol–water partition coefficient (Wildman–Crippen LogP) is 6.55. The lowest BCUT2D eigenvalue weighted by molar-refractivity contribution is 0.669. The Morgan fingerprint density at radius 3 is 2.52 bits per heavy atom. The highest BCUT2D eigenvalue weighted by molar-refractivity contribution is 6.10. The molecule has 0 saturated heterocycles. The van der Waals surface area contributed by atoms with E-state index < -0.39 is 0 Å². The van der Waals surface area contributed by atoms with Crippen LogP contribution in [0.3, 0.4) is 0 Å². The molecular formula is C25H19NO. The third-order valence-corrected chi connectivity index (χ3v) is 5.09. The number of aryl methyl sites for hydroxylation is 1. The number of hydrogen-bond acceptors (Lipinski definition) is 2. The third-order valence-electron chi connectivity index (χ3n) is 5.09. The first-order chi connectivity index (χ1) is 13.3. The number of nitrogens with zero attached hydrogens (tertiary/aromatic N) is 1. The summed E-state index contributed by atoms with van der Waals surface area (Å²) in [5.74, 6) is 0. The minimum atomic E-state index is 0.894. The predicted molar refractivity (Wildman–Crippen MR) is 111 cm³/mol. The molecule has 3 aromatic carbocycles. The summed E-state index contributed by atoms with van der Waals surface area (Å²) in [5, 5.41) is 2.34. The quantitative estimate of drug-likeness (QED) is 0.369. The Balaban J connectivity index is 1.66. The van der Waals surface area contributed by atoms with E-state index in [4.69, 9.17) is 4.42 Å². The van der Waals surface area contributed by atoms with Crippen molar-refractivity contribution in [1.82, 2.24) is 4.98 Å². The zero-order valence-corrected chi connectivity index (χ0v) is 15.1. The minimum absolute atomic E-state index is 0.894. The molecular weight excluding hydrogens is 330 g/mol. The standard InChI is InChI=1S/C25H19NO/c1-17-11-12-20(25-24(17)21-9-5-6-10-23(21)27-25)22-16-19(13-14-26-22)15-18-7-3-2-4-8-18/h2-14,16H,15H2,1H3. The molecule has 0 bridgehead atoms. The lowest BCUT2D eigenvalue weighted by atomic mass is 10.00. The molecule has 2 nitrogen and oxygen atoms in total. The molecule has 0 radical (unpaired) electrons. The number of furan rings is 1. The van der Waals surface area contributed by atoms with E-state index in [1.807, 2.05) is 24.4 Å². The Hall–Kier alpha value is -3.39. The van der Waals surface area contributed by atoms with Gasteiger partial charge in [0.05, 0.1) is 5.69 Å². The second-order valence-electron chi connectivity index (χ2n) is 6.94. The number of rotatable bonds is 3. The molecule has 2 aromatic heterocycles. The summed E-state index contributed by atoms with van der Waals surface area (Å²) < 4.78 is 6.24. The van der Waals surface area contributed by atoms with E-state index in [0.717, 1.165) is 34.2 Å². The normalized spacial score (nSPS) is 11.3. The highest BCUT2D eigenvalue weighted by Gasteiger charge is 2.15. The average Bonchev–Trinajstić information content (AvgIpc) is 3.10. The highest BCUT2D eigenvalue weighted by Crippen LogP contribution is 2.37. The van der Waals surface area contributed by atoms with Crippen molar-refractivity contribution in [2.75, 3.05) is 0 Å². The lowest BCUT2D eigenvalue weighted by Gasteiger charge is -2.07. The number of benzene rings is 3. The van der Waals surface area contributed by atoms with Gasteiger partial charge in [-0.1, -0.05) is 54.6 Å². The van der Waals surface area contributed by atoms with E-state index in [1.165, 1.54) is 22.1 Å². The maximum atomic E-state index is 6.24. The van der Waals surface area contributed by atoms with Crippen LogP contribution in [0.25, 0.3) is 33.2 Å². The highest BCUT2D eigenvalue weighted by atomic mass is 16.3. The van der Waals surface area contributed by atoms with Crippen LogP contribution in [0.5, 0.6) is 0 Å². The molecule has 0 spiro atoms. The number of pyridine rings is 1. The topological polar surface area (TPSA) is 26.0 Å².